The van der Waals surface area contributed by atoms with Crippen LogP contribution in [0.15, 0.2) is 42.5 Å². The first-order chi connectivity index (χ1) is 15.3. The van der Waals surface area contributed by atoms with Crippen LogP contribution in [0.5, 0.6) is 5.75 Å². The van der Waals surface area contributed by atoms with Gasteiger partial charge in [-0.2, -0.15) is 0 Å². The third kappa shape index (κ3) is 5.25. The Hall–Kier alpha value is -2.57. The first-order valence-electron chi connectivity index (χ1n) is 11.0. The Bertz CT molecular complexity index is 980. The number of nitrogens with zero attached hydrogens (tertiary/aromatic N) is 1. The van der Waals surface area contributed by atoms with Crippen LogP contribution < -0.4 is 15.0 Å². The van der Waals surface area contributed by atoms with E-state index in [0.717, 1.165) is 17.7 Å². The number of nitrogens with one attached hydrogen (secondary N) is 1. The van der Waals surface area contributed by atoms with E-state index in [1.165, 1.54) is 0 Å². The molecule has 0 aliphatic carbocycles. The Kier molecular flexibility index (Phi) is 7.80. The van der Waals surface area contributed by atoms with Crippen molar-refractivity contribution in [1.29, 1.82) is 0 Å². The Morgan fingerprint density at radius 3 is 2.72 bits per heavy atom. The predicted molar refractivity (Wildman–Crippen MR) is 126 cm³/mol. The molecule has 2 aromatic rings. The summed E-state index contributed by atoms with van der Waals surface area (Å²) in [5, 5.41) is 12.5. The lowest BCUT2D eigenvalue weighted by molar-refractivity contribution is -0.131. The minimum atomic E-state index is -0.712. The van der Waals surface area contributed by atoms with E-state index >= 15 is 0 Å². The third-order valence-electron chi connectivity index (χ3n) is 5.84. The number of fused-ring (bicyclic) bond motifs is 1. The molecule has 1 aliphatic heterocycles. The second-order valence-electron chi connectivity index (χ2n) is 8.62. The molecule has 0 fully saturated rings. The van der Waals surface area contributed by atoms with Gasteiger partial charge in [0.2, 0.25) is 5.91 Å². The number of ether oxygens (including phenoxy) is 1. The first kappa shape index (κ1) is 24.1. The van der Waals surface area contributed by atoms with E-state index in [-0.39, 0.29) is 24.5 Å². The molecule has 0 aromatic heterocycles. The summed E-state index contributed by atoms with van der Waals surface area (Å²) in [7, 11) is 0. The molecule has 1 unspecified atom stereocenters. The van der Waals surface area contributed by atoms with E-state index in [1.54, 1.807) is 30.0 Å². The molecule has 172 valence electrons. The molecule has 0 saturated carbocycles. The van der Waals surface area contributed by atoms with Gasteiger partial charge in [0.15, 0.2) is 0 Å². The summed E-state index contributed by atoms with van der Waals surface area (Å²) in [5.74, 6) is 0.295. The monoisotopic (exact) mass is 458 g/mol. The van der Waals surface area contributed by atoms with Crippen LogP contribution in [0.4, 0.5) is 5.69 Å². The highest BCUT2D eigenvalue weighted by molar-refractivity contribution is 6.34. The van der Waals surface area contributed by atoms with Gasteiger partial charge in [0.1, 0.15) is 5.75 Å². The molecular weight excluding hydrogens is 428 g/mol. The van der Waals surface area contributed by atoms with Crippen molar-refractivity contribution < 1.29 is 19.4 Å². The molecule has 2 N–H and O–H groups in total. The minimum Gasteiger partial charge on any atom is -0.494 e. The van der Waals surface area contributed by atoms with Gasteiger partial charge in [-0.1, -0.05) is 43.6 Å². The molecule has 0 bridgehead atoms. The quantitative estimate of drug-likeness (QED) is 0.651. The lowest BCUT2D eigenvalue weighted by atomic mass is 9.80. The Morgan fingerprint density at radius 1 is 1.28 bits per heavy atom. The van der Waals surface area contributed by atoms with Crippen molar-refractivity contribution in [2.75, 3.05) is 24.7 Å². The molecule has 1 aliphatic rings. The van der Waals surface area contributed by atoms with Gasteiger partial charge in [-0.15, -0.1) is 0 Å². The van der Waals surface area contributed by atoms with Gasteiger partial charge in [0.05, 0.1) is 29.2 Å². The molecule has 0 saturated heterocycles. The average molecular weight is 459 g/mol. The number of hydrogen-bond donors (Lipinski definition) is 2. The number of anilines is 1. The number of para-hydroxylation sites is 1. The van der Waals surface area contributed by atoms with Crippen LogP contribution in [-0.4, -0.2) is 42.7 Å². The van der Waals surface area contributed by atoms with Crippen LogP contribution in [-0.2, 0) is 11.2 Å². The standard InChI is InChI=1S/C25H31ClN2O4/c1-4-13-32-19-9-10-20(21(26)14-19)23(30)28-12-11-25(3,24(31)27-17(2)16-29)15-18-7-5-6-8-22(18)28/h5-10,14,17,29H,4,11-13,15-16H2,1-3H3,(H,27,31)/t17-,25?/m0/s1. The summed E-state index contributed by atoms with van der Waals surface area (Å²) in [4.78, 5) is 28.3. The van der Waals surface area contributed by atoms with E-state index in [2.05, 4.69) is 5.32 Å². The molecule has 0 spiro atoms. The van der Waals surface area contributed by atoms with Crippen molar-refractivity contribution in [3.63, 3.8) is 0 Å². The Balaban J connectivity index is 1.90. The smallest absolute Gasteiger partial charge is 0.259 e. The zero-order valence-electron chi connectivity index (χ0n) is 18.9. The summed E-state index contributed by atoms with van der Waals surface area (Å²) in [6.45, 7) is 6.52. The number of hydrogen-bond acceptors (Lipinski definition) is 4. The van der Waals surface area contributed by atoms with E-state index in [0.29, 0.717) is 42.3 Å². The van der Waals surface area contributed by atoms with Gasteiger partial charge in [-0.3, -0.25) is 9.59 Å². The van der Waals surface area contributed by atoms with Gasteiger partial charge in [-0.25, -0.2) is 0 Å². The maximum Gasteiger partial charge on any atom is 0.259 e. The highest BCUT2D eigenvalue weighted by atomic mass is 35.5. The highest BCUT2D eigenvalue weighted by Gasteiger charge is 2.39. The lowest BCUT2D eigenvalue weighted by Gasteiger charge is -2.28. The number of amides is 2. The fourth-order valence-corrected chi connectivity index (χ4v) is 4.14. The maximum absolute atomic E-state index is 13.5. The molecular formula is C25H31ClN2O4. The summed E-state index contributed by atoms with van der Waals surface area (Å²) >= 11 is 6.45. The van der Waals surface area contributed by atoms with Gasteiger partial charge >= 0.3 is 0 Å². The van der Waals surface area contributed by atoms with E-state index in [1.807, 2.05) is 38.1 Å². The van der Waals surface area contributed by atoms with Crippen molar-refractivity contribution >= 4 is 29.1 Å². The van der Waals surface area contributed by atoms with Crippen LogP contribution >= 0.6 is 11.6 Å². The SMILES string of the molecule is CCCOc1ccc(C(=O)N2CCC(C)(C(=O)N[C@@H](C)CO)Cc3ccccc32)c(Cl)c1. The number of aliphatic hydroxyl groups is 1. The highest BCUT2D eigenvalue weighted by Crippen LogP contribution is 2.37. The number of benzene rings is 2. The topological polar surface area (TPSA) is 78.9 Å². The first-order valence-corrected chi connectivity index (χ1v) is 11.4. The second kappa shape index (κ2) is 10.4. The number of aliphatic hydroxyl groups excluding tert-OH is 1. The zero-order valence-corrected chi connectivity index (χ0v) is 19.6. The molecule has 7 heteroatoms. The number of carbonyl (C=O) groups is 2. The summed E-state index contributed by atoms with van der Waals surface area (Å²) < 4.78 is 5.62. The van der Waals surface area contributed by atoms with Crippen molar-refractivity contribution in [3.05, 3.63) is 58.6 Å². The fraction of sp³-hybridized carbons (Fsp3) is 0.440. The third-order valence-corrected chi connectivity index (χ3v) is 6.15. The van der Waals surface area contributed by atoms with E-state index in [9.17, 15) is 14.7 Å². The molecule has 1 heterocycles. The number of carbonyl (C=O) groups excluding carboxylic acids is 2. The lowest BCUT2D eigenvalue weighted by Crippen LogP contribution is -2.46. The van der Waals surface area contributed by atoms with Crippen LogP contribution in [0.1, 0.15) is 49.5 Å². The largest absolute Gasteiger partial charge is 0.494 e. The van der Waals surface area contributed by atoms with Crippen LogP contribution in [0.25, 0.3) is 0 Å². The Labute approximate surface area is 194 Å². The number of halogens is 1. The van der Waals surface area contributed by atoms with E-state index in [4.69, 9.17) is 16.3 Å². The molecule has 6 nitrogen and oxygen atoms in total. The molecule has 0 radical (unpaired) electrons. The second-order valence-corrected chi connectivity index (χ2v) is 9.03. The van der Waals surface area contributed by atoms with Crippen LogP contribution in [0, 0.1) is 5.41 Å². The normalized spacial score (nSPS) is 19.0. The number of rotatable bonds is 7. The van der Waals surface area contributed by atoms with Crippen LogP contribution in [0.3, 0.4) is 0 Å². The Morgan fingerprint density at radius 2 is 2.03 bits per heavy atom. The van der Waals surface area contributed by atoms with Crippen molar-refractivity contribution in [2.45, 2.75) is 46.1 Å². The van der Waals surface area contributed by atoms with Gasteiger partial charge < -0.3 is 20.1 Å². The molecule has 2 aromatic carbocycles. The van der Waals surface area contributed by atoms with Gasteiger partial charge in [0, 0.05) is 18.3 Å². The molecule has 2 amide bonds. The average Bonchev–Trinajstić information content (AvgIpc) is 2.94. The molecule has 32 heavy (non-hydrogen) atoms. The molecule has 2 atom stereocenters. The van der Waals surface area contributed by atoms with Gasteiger partial charge in [0.25, 0.3) is 5.91 Å². The summed E-state index contributed by atoms with van der Waals surface area (Å²) in [6.07, 6.45) is 1.85. The van der Waals surface area contributed by atoms with Crippen molar-refractivity contribution in [3.8, 4) is 5.75 Å². The van der Waals surface area contributed by atoms with Crippen molar-refractivity contribution in [2.24, 2.45) is 5.41 Å². The van der Waals surface area contributed by atoms with Crippen molar-refractivity contribution in [1.82, 2.24) is 5.32 Å². The van der Waals surface area contributed by atoms with E-state index < -0.39 is 5.41 Å². The zero-order chi connectivity index (χ0) is 23.3. The van der Waals surface area contributed by atoms with Crippen LogP contribution in [0.2, 0.25) is 5.02 Å². The summed E-state index contributed by atoms with van der Waals surface area (Å²) in [6, 6.07) is 12.4. The summed E-state index contributed by atoms with van der Waals surface area (Å²) in [5.41, 5.74) is 1.39. The molecule has 3 rings (SSSR count). The minimum absolute atomic E-state index is 0.126. The maximum atomic E-state index is 13.5. The van der Waals surface area contributed by atoms with Gasteiger partial charge in [-0.05, 0) is 56.0 Å². The predicted octanol–water partition coefficient (Wildman–Crippen LogP) is 4.23. The fourth-order valence-electron chi connectivity index (χ4n) is 3.88.